The number of aliphatic hydroxyl groups is 1. The van der Waals surface area contributed by atoms with E-state index >= 15 is 0 Å². The van der Waals surface area contributed by atoms with Gasteiger partial charge in [-0.2, -0.15) is 0 Å². The molecule has 2 aromatic rings. The molecule has 0 fully saturated rings. The molecule has 1 unspecified atom stereocenters. The van der Waals surface area contributed by atoms with Gasteiger partial charge in [0.2, 0.25) is 0 Å². The lowest BCUT2D eigenvalue weighted by Crippen LogP contribution is -2.42. The maximum absolute atomic E-state index is 13.1. The fourth-order valence-electron chi connectivity index (χ4n) is 3.46. The van der Waals surface area contributed by atoms with Gasteiger partial charge >= 0.3 is 23.9 Å². The second-order valence-corrected chi connectivity index (χ2v) is 9.14. The fourth-order valence-corrected chi connectivity index (χ4v) is 3.46. The summed E-state index contributed by atoms with van der Waals surface area (Å²) in [6.07, 6.45) is -1.59. The molecule has 0 saturated heterocycles. The number of hydrogen-bond donors (Lipinski definition) is 4. The summed E-state index contributed by atoms with van der Waals surface area (Å²) in [6, 6.07) is 19.7. The SMILES string of the molecule is CC(CCN(C)C)OC(=O)C(C)(c1ccccc1)c1ccccc1.O=C(O)CC(O)(CC(=O)O)C(=O)O. The first-order valence-electron chi connectivity index (χ1n) is 11.6. The van der Waals surface area contributed by atoms with Crippen molar-refractivity contribution in [2.45, 2.75) is 50.2 Å². The number of carbonyl (C=O) groups excluding carboxylic acids is 1. The second-order valence-electron chi connectivity index (χ2n) is 9.14. The number of nitrogens with zero attached hydrogens (tertiary/aromatic N) is 1. The first kappa shape index (κ1) is 31.3. The number of ether oxygens (including phenoxy) is 1. The largest absolute Gasteiger partial charge is 0.481 e. The van der Waals surface area contributed by atoms with Crippen LogP contribution in [0.15, 0.2) is 60.7 Å². The lowest BCUT2D eigenvalue weighted by molar-refractivity contribution is -0.170. The lowest BCUT2D eigenvalue weighted by atomic mass is 9.76. The second kappa shape index (κ2) is 14.1. The minimum Gasteiger partial charge on any atom is -0.481 e. The smallest absolute Gasteiger partial charge is 0.336 e. The van der Waals surface area contributed by atoms with Gasteiger partial charge in [0.05, 0.1) is 12.8 Å². The number of rotatable bonds is 12. The third-order valence-corrected chi connectivity index (χ3v) is 5.69. The van der Waals surface area contributed by atoms with E-state index in [1.165, 1.54) is 0 Å². The maximum Gasteiger partial charge on any atom is 0.336 e. The molecule has 0 aliphatic rings. The van der Waals surface area contributed by atoms with Crippen molar-refractivity contribution in [3.63, 3.8) is 0 Å². The molecule has 2 rings (SSSR count). The normalized spacial score (nSPS) is 12.2. The van der Waals surface area contributed by atoms with Gasteiger partial charge in [0.25, 0.3) is 0 Å². The Balaban J connectivity index is 0.000000448. The van der Waals surface area contributed by atoms with Crippen LogP contribution < -0.4 is 0 Å². The molecule has 0 amide bonds. The van der Waals surface area contributed by atoms with Crippen LogP contribution in [0, 0.1) is 0 Å². The number of esters is 1. The van der Waals surface area contributed by atoms with E-state index in [9.17, 15) is 19.2 Å². The van der Waals surface area contributed by atoms with Gasteiger partial charge in [-0.25, -0.2) is 4.79 Å². The Labute approximate surface area is 216 Å². The van der Waals surface area contributed by atoms with Crippen molar-refractivity contribution in [3.8, 4) is 0 Å². The summed E-state index contributed by atoms with van der Waals surface area (Å²) in [5.41, 5.74) is -1.66. The minimum absolute atomic E-state index is 0.119. The van der Waals surface area contributed by atoms with Crippen LogP contribution >= 0.6 is 0 Å². The maximum atomic E-state index is 13.1. The van der Waals surface area contributed by atoms with Crippen LogP contribution in [0.5, 0.6) is 0 Å². The lowest BCUT2D eigenvalue weighted by Gasteiger charge is -2.30. The first-order chi connectivity index (χ1) is 17.2. The number of carboxylic acids is 3. The number of carbonyl (C=O) groups is 4. The molecule has 0 aliphatic heterocycles. The van der Waals surface area contributed by atoms with Crippen LogP contribution in [0.3, 0.4) is 0 Å². The molecule has 4 N–H and O–H groups in total. The highest BCUT2D eigenvalue weighted by atomic mass is 16.5. The molecule has 37 heavy (non-hydrogen) atoms. The molecule has 0 aromatic heterocycles. The van der Waals surface area contributed by atoms with Crippen molar-refractivity contribution >= 4 is 23.9 Å². The van der Waals surface area contributed by atoms with Crippen LogP contribution in [0.25, 0.3) is 0 Å². The summed E-state index contributed by atoms with van der Waals surface area (Å²) in [6.45, 7) is 4.79. The summed E-state index contributed by atoms with van der Waals surface area (Å²) < 4.78 is 5.81. The Morgan fingerprint density at radius 2 is 1.24 bits per heavy atom. The van der Waals surface area contributed by atoms with Crippen molar-refractivity contribution < 1.29 is 44.3 Å². The molecule has 0 aliphatic carbocycles. The molecule has 2 aromatic carbocycles. The summed E-state index contributed by atoms with van der Waals surface area (Å²) in [5.74, 6) is -5.22. The molecule has 0 spiro atoms. The monoisotopic (exact) mass is 517 g/mol. The molecular weight excluding hydrogens is 482 g/mol. The molecule has 0 bridgehead atoms. The Hall–Kier alpha value is -3.76. The zero-order valence-corrected chi connectivity index (χ0v) is 21.5. The summed E-state index contributed by atoms with van der Waals surface area (Å²) in [7, 11) is 4.04. The third-order valence-electron chi connectivity index (χ3n) is 5.69. The van der Waals surface area contributed by atoms with E-state index in [1.807, 2.05) is 88.6 Å². The zero-order chi connectivity index (χ0) is 28.2. The molecule has 10 heteroatoms. The molecule has 0 radical (unpaired) electrons. The number of aliphatic carboxylic acids is 3. The Bertz CT molecular complexity index is 983. The predicted octanol–water partition coefficient (Wildman–Crippen LogP) is 2.63. The van der Waals surface area contributed by atoms with Crippen molar-refractivity contribution in [1.82, 2.24) is 4.90 Å². The van der Waals surface area contributed by atoms with E-state index < -0.39 is 41.8 Å². The molecule has 10 nitrogen and oxygen atoms in total. The van der Waals surface area contributed by atoms with E-state index in [0.29, 0.717) is 0 Å². The van der Waals surface area contributed by atoms with E-state index in [4.69, 9.17) is 25.2 Å². The van der Waals surface area contributed by atoms with Gasteiger partial charge in [0.1, 0.15) is 11.5 Å². The Morgan fingerprint density at radius 3 is 1.57 bits per heavy atom. The van der Waals surface area contributed by atoms with Crippen LogP contribution in [0.2, 0.25) is 0 Å². The number of benzene rings is 2. The quantitative estimate of drug-likeness (QED) is 0.308. The van der Waals surface area contributed by atoms with Gasteiger partial charge in [-0.05, 0) is 45.5 Å². The van der Waals surface area contributed by atoms with Crippen LogP contribution in [0.4, 0.5) is 0 Å². The van der Waals surface area contributed by atoms with Crippen molar-refractivity contribution in [2.24, 2.45) is 0 Å². The number of carboxylic acid groups (broad SMARTS) is 3. The van der Waals surface area contributed by atoms with E-state index in [1.54, 1.807) is 0 Å². The van der Waals surface area contributed by atoms with Crippen molar-refractivity contribution in [2.75, 3.05) is 20.6 Å². The highest BCUT2D eigenvalue weighted by Gasteiger charge is 2.41. The average Bonchev–Trinajstić information content (AvgIpc) is 2.82. The van der Waals surface area contributed by atoms with Crippen LogP contribution in [0.1, 0.15) is 44.2 Å². The van der Waals surface area contributed by atoms with E-state index in [-0.39, 0.29) is 12.1 Å². The van der Waals surface area contributed by atoms with Gasteiger partial charge in [0, 0.05) is 6.54 Å². The Morgan fingerprint density at radius 1 is 0.838 bits per heavy atom. The van der Waals surface area contributed by atoms with Gasteiger partial charge in [-0.1, -0.05) is 60.7 Å². The molecule has 0 saturated carbocycles. The van der Waals surface area contributed by atoms with Crippen molar-refractivity contribution in [3.05, 3.63) is 71.8 Å². The predicted molar refractivity (Wildman–Crippen MR) is 135 cm³/mol. The molecular formula is C27H35NO9. The van der Waals surface area contributed by atoms with Gasteiger partial charge < -0.3 is 30.1 Å². The molecule has 1 atom stereocenters. The van der Waals surface area contributed by atoms with E-state index in [2.05, 4.69) is 4.90 Å². The molecule has 202 valence electrons. The van der Waals surface area contributed by atoms with Gasteiger partial charge in [0.15, 0.2) is 5.60 Å². The minimum atomic E-state index is -2.74. The van der Waals surface area contributed by atoms with E-state index in [0.717, 1.165) is 24.1 Å². The molecule has 0 heterocycles. The first-order valence-corrected chi connectivity index (χ1v) is 11.6. The summed E-state index contributed by atoms with van der Waals surface area (Å²) in [5, 5.41) is 33.8. The average molecular weight is 518 g/mol. The van der Waals surface area contributed by atoms with Crippen molar-refractivity contribution in [1.29, 1.82) is 0 Å². The van der Waals surface area contributed by atoms with Crippen LogP contribution in [-0.2, 0) is 29.3 Å². The summed E-state index contributed by atoms with van der Waals surface area (Å²) in [4.78, 5) is 45.7. The van der Waals surface area contributed by atoms with Gasteiger partial charge in [-0.3, -0.25) is 14.4 Å². The van der Waals surface area contributed by atoms with Crippen LogP contribution in [-0.4, -0.2) is 81.5 Å². The zero-order valence-electron chi connectivity index (χ0n) is 21.5. The fraction of sp³-hybridized carbons (Fsp3) is 0.407. The van der Waals surface area contributed by atoms with Gasteiger partial charge in [-0.15, -0.1) is 0 Å². The topological polar surface area (TPSA) is 162 Å². The Kier molecular flexibility index (Phi) is 11.9. The summed E-state index contributed by atoms with van der Waals surface area (Å²) >= 11 is 0. The third kappa shape index (κ3) is 9.66. The highest BCUT2D eigenvalue weighted by Crippen LogP contribution is 2.33. The standard InChI is InChI=1S/C21H27NO2.C6H8O7/c1-17(15-16-22(3)4)24-20(23)21(2,18-11-7-5-8-12-18)19-13-9-6-10-14-19;7-3(8)1-6(13,5(11)12)2-4(9)10/h5-14,17H,15-16H2,1-4H3;13H,1-2H2,(H,7,8)(H,9,10)(H,11,12). The highest BCUT2D eigenvalue weighted by molar-refractivity contribution is 5.88. The number of hydrogen-bond acceptors (Lipinski definition) is 7.